The van der Waals surface area contributed by atoms with Gasteiger partial charge in [-0.1, -0.05) is 0 Å². The molecular weight excluding hydrogens is 408 g/mol. The highest BCUT2D eigenvalue weighted by atomic mass is 35.5. The average Bonchev–Trinajstić information content (AvgIpc) is 2.38. The topological polar surface area (TPSA) is 20.2 Å². The summed E-state index contributed by atoms with van der Waals surface area (Å²) in [5.41, 5.74) is -0.0729. The van der Waals surface area contributed by atoms with Gasteiger partial charge in [0.05, 0.1) is 0 Å². The molecule has 0 amide bonds. The van der Waals surface area contributed by atoms with Gasteiger partial charge in [-0.2, -0.15) is 30.7 Å². The maximum atomic E-state index is 13.6. The summed E-state index contributed by atoms with van der Waals surface area (Å²) >= 11 is 10.1. The van der Waals surface area contributed by atoms with Gasteiger partial charge < -0.3 is 5.11 Å². The fourth-order valence-electron chi connectivity index (χ4n) is 1.84. The van der Waals surface area contributed by atoms with Crippen molar-refractivity contribution in [3.8, 4) is 5.75 Å². The van der Waals surface area contributed by atoms with E-state index in [0.29, 0.717) is 0 Å². The second-order valence-corrected chi connectivity index (χ2v) is 7.36. The van der Waals surface area contributed by atoms with Crippen molar-refractivity contribution in [2.45, 2.75) is 47.4 Å². The summed E-state index contributed by atoms with van der Waals surface area (Å²) in [4.78, 5) is -1.70. The summed E-state index contributed by atoms with van der Waals surface area (Å²) in [6.07, 6.45) is -6.75. The first kappa shape index (κ1) is 21.5. The highest BCUT2D eigenvalue weighted by Gasteiger charge is 2.73. The number of hydrogen-bond acceptors (Lipinski definition) is 2. The molecule has 24 heavy (non-hydrogen) atoms. The second-order valence-electron chi connectivity index (χ2n) is 4.93. The fourth-order valence-corrected chi connectivity index (χ4v) is 3.27. The van der Waals surface area contributed by atoms with Gasteiger partial charge in [0, 0.05) is 11.3 Å². The Morgan fingerprint density at radius 2 is 1.58 bits per heavy atom. The molecule has 1 N–H and O–H groups in total. The van der Waals surface area contributed by atoms with Crippen LogP contribution in [0.4, 0.5) is 30.7 Å². The first-order valence-electron chi connectivity index (χ1n) is 6.23. The molecule has 0 saturated carbocycles. The normalized spacial score (nSPS) is 13.7. The maximum Gasteiger partial charge on any atom is 0.460 e. The minimum atomic E-state index is -6.42. The minimum Gasteiger partial charge on any atom is -0.507 e. The first-order valence-corrected chi connectivity index (χ1v) is 7.92. The zero-order chi connectivity index (χ0) is 19.1. The van der Waals surface area contributed by atoms with Crippen molar-refractivity contribution in [2.75, 3.05) is 0 Å². The Balaban J connectivity index is 3.42. The molecule has 11 heteroatoms. The third kappa shape index (κ3) is 4.16. The Morgan fingerprint density at radius 1 is 1.08 bits per heavy atom. The minimum absolute atomic E-state index is 0.0231. The van der Waals surface area contributed by atoms with Crippen LogP contribution in [0.5, 0.6) is 5.75 Å². The lowest BCUT2D eigenvalue weighted by atomic mass is 10.0. The van der Waals surface area contributed by atoms with Crippen molar-refractivity contribution < 1.29 is 35.8 Å². The fraction of sp³-hybridized carbons (Fsp3) is 0.538. The van der Waals surface area contributed by atoms with Crippen molar-refractivity contribution in [1.82, 2.24) is 0 Å². The molecule has 0 fully saturated rings. The molecule has 0 unspecified atom stereocenters. The standard InChI is InChI=1S/C13H11Cl2F7OS/c1-5-3-8(7(4-9(14)15)6(2)10(5)23)24-13(21,22)11(16,17)12(18,19)20/h3,9,23H,4H2,1-2H3. The molecule has 138 valence electrons. The third-order valence-corrected chi connectivity index (χ3v) is 4.55. The Labute approximate surface area is 147 Å². The number of phenolic OH excluding ortho intramolecular Hbond substituents is 1. The quantitative estimate of drug-likeness (QED) is 0.347. The number of thioether (sulfide) groups is 1. The summed E-state index contributed by atoms with van der Waals surface area (Å²) in [5, 5.41) is 4.33. The largest absolute Gasteiger partial charge is 0.507 e. The predicted octanol–water partition coefficient (Wildman–Crippen LogP) is 6.24. The molecule has 0 spiro atoms. The van der Waals surface area contributed by atoms with Crippen LogP contribution in [-0.2, 0) is 6.42 Å². The van der Waals surface area contributed by atoms with Gasteiger partial charge in [-0.15, -0.1) is 23.2 Å². The van der Waals surface area contributed by atoms with Crippen molar-refractivity contribution in [2.24, 2.45) is 0 Å². The van der Waals surface area contributed by atoms with Gasteiger partial charge in [0.15, 0.2) is 0 Å². The first-order chi connectivity index (χ1) is 10.6. The molecule has 0 aliphatic carbocycles. The zero-order valence-electron chi connectivity index (χ0n) is 12.1. The Bertz CT molecular complexity index is 617. The molecule has 1 rings (SSSR count). The molecule has 0 bridgehead atoms. The lowest BCUT2D eigenvalue weighted by Gasteiger charge is -2.28. The van der Waals surface area contributed by atoms with Crippen molar-refractivity contribution in [3.63, 3.8) is 0 Å². The molecule has 1 aromatic rings. The van der Waals surface area contributed by atoms with E-state index in [1.165, 1.54) is 13.8 Å². The van der Waals surface area contributed by atoms with Gasteiger partial charge >= 0.3 is 17.4 Å². The molecule has 0 aliphatic heterocycles. The number of benzene rings is 1. The van der Waals surface area contributed by atoms with Gasteiger partial charge in [-0.05, 0) is 48.4 Å². The van der Waals surface area contributed by atoms with E-state index in [-0.39, 0.29) is 28.9 Å². The summed E-state index contributed by atoms with van der Waals surface area (Å²) < 4.78 is 90.1. The molecular formula is C13H11Cl2F7OS. The predicted molar refractivity (Wildman–Crippen MR) is 78.6 cm³/mol. The average molecular weight is 419 g/mol. The number of aryl methyl sites for hydroxylation is 1. The summed E-state index contributed by atoms with van der Waals surface area (Å²) in [6, 6.07) is 0.888. The van der Waals surface area contributed by atoms with E-state index in [2.05, 4.69) is 0 Å². The summed E-state index contributed by atoms with van der Waals surface area (Å²) in [5.74, 6) is -6.56. The molecule has 0 heterocycles. The Morgan fingerprint density at radius 3 is 2.00 bits per heavy atom. The molecule has 0 radical (unpaired) electrons. The van der Waals surface area contributed by atoms with Crippen LogP contribution in [0.25, 0.3) is 0 Å². The highest BCUT2D eigenvalue weighted by Crippen LogP contribution is 2.55. The van der Waals surface area contributed by atoms with Crippen molar-refractivity contribution in [3.05, 3.63) is 22.8 Å². The van der Waals surface area contributed by atoms with Crippen LogP contribution in [0, 0.1) is 13.8 Å². The van der Waals surface area contributed by atoms with E-state index in [1.54, 1.807) is 0 Å². The van der Waals surface area contributed by atoms with Gasteiger partial charge in [-0.3, -0.25) is 0 Å². The smallest absolute Gasteiger partial charge is 0.460 e. The van der Waals surface area contributed by atoms with Gasteiger partial charge in [0.2, 0.25) is 0 Å². The van der Waals surface area contributed by atoms with E-state index in [4.69, 9.17) is 23.2 Å². The molecule has 0 aromatic heterocycles. The van der Waals surface area contributed by atoms with Gasteiger partial charge in [0.1, 0.15) is 10.6 Å². The van der Waals surface area contributed by atoms with Crippen LogP contribution in [0.2, 0.25) is 0 Å². The molecule has 0 saturated heterocycles. The highest BCUT2D eigenvalue weighted by molar-refractivity contribution is 8.00. The number of alkyl halides is 9. The summed E-state index contributed by atoms with van der Waals surface area (Å²) in [7, 11) is 0. The Kier molecular flexibility index (Phi) is 6.27. The SMILES string of the molecule is Cc1cc(SC(F)(F)C(F)(F)C(F)(F)F)c(CC(Cl)Cl)c(C)c1O. The van der Waals surface area contributed by atoms with Crippen LogP contribution in [-0.4, -0.2) is 27.3 Å². The van der Waals surface area contributed by atoms with Crippen LogP contribution in [0.1, 0.15) is 16.7 Å². The van der Waals surface area contributed by atoms with Crippen LogP contribution >= 0.6 is 35.0 Å². The van der Waals surface area contributed by atoms with Crippen LogP contribution in [0.3, 0.4) is 0 Å². The second kappa shape index (κ2) is 6.99. The monoisotopic (exact) mass is 418 g/mol. The molecule has 0 aliphatic rings. The lowest BCUT2D eigenvalue weighted by molar-refractivity contribution is -0.330. The zero-order valence-corrected chi connectivity index (χ0v) is 14.4. The molecule has 1 nitrogen and oxygen atoms in total. The number of halogens is 9. The number of aromatic hydroxyl groups is 1. The summed E-state index contributed by atoms with van der Waals surface area (Å²) in [6.45, 7) is 2.58. The number of phenols is 1. The molecule has 0 atom stereocenters. The number of rotatable bonds is 5. The van der Waals surface area contributed by atoms with E-state index in [1.807, 2.05) is 0 Å². The maximum absolute atomic E-state index is 13.6. The van der Waals surface area contributed by atoms with Crippen LogP contribution < -0.4 is 0 Å². The lowest BCUT2D eigenvalue weighted by Crippen LogP contribution is -2.50. The van der Waals surface area contributed by atoms with E-state index < -0.39 is 38.8 Å². The van der Waals surface area contributed by atoms with Crippen molar-refractivity contribution in [1.29, 1.82) is 0 Å². The van der Waals surface area contributed by atoms with Crippen molar-refractivity contribution >= 4 is 35.0 Å². The van der Waals surface area contributed by atoms with Crippen LogP contribution in [0.15, 0.2) is 11.0 Å². The van der Waals surface area contributed by atoms with Gasteiger partial charge in [0.25, 0.3) is 0 Å². The van der Waals surface area contributed by atoms with E-state index >= 15 is 0 Å². The van der Waals surface area contributed by atoms with E-state index in [0.717, 1.165) is 6.07 Å². The third-order valence-electron chi connectivity index (χ3n) is 3.14. The molecule has 1 aromatic carbocycles. The Hall–Kier alpha value is -0.540. The van der Waals surface area contributed by atoms with Gasteiger partial charge in [-0.25, -0.2) is 0 Å². The van der Waals surface area contributed by atoms with E-state index in [9.17, 15) is 35.8 Å². The number of hydrogen-bond donors (Lipinski definition) is 1.